The second-order valence-electron chi connectivity index (χ2n) is 6.03. The number of aliphatic hydroxyl groups is 1. The van der Waals surface area contributed by atoms with E-state index in [1.807, 2.05) is 30.3 Å². The predicted molar refractivity (Wildman–Crippen MR) is 109 cm³/mol. The van der Waals surface area contributed by atoms with Gasteiger partial charge in [0.2, 0.25) is 5.95 Å². The van der Waals surface area contributed by atoms with Gasteiger partial charge in [-0.15, -0.1) is 0 Å². The fraction of sp³-hybridized carbons (Fsp3) is 0.200. The molecule has 0 amide bonds. The third kappa shape index (κ3) is 6.65. The van der Waals surface area contributed by atoms with Gasteiger partial charge in [0, 0.05) is 35.4 Å². The normalized spacial score (nSPS) is 11.3. The number of benzene rings is 2. The maximum absolute atomic E-state index is 12.6. The van der Waals surface area contributed by atoms with E-state index in [4.69, 9.17) is 5.11 Å². The monoisotopic (exact) mass is 420 g/mol. The minimum Gasteiger partial charge on any atom is -0.396 e. The molecule has 3 N–H and O–H groups in total. The number of alkyl halides is 3. The Balaban J connectivity index is 1.87. The summed E-state index contributed by atoms with van der Waals surface area (Å²) in [5.74, 6) is 0.808. The minimum atomic E-state index is -4.35. The lowest BCUT2D eigenvalue weighted by molar-refractivity contribution is -0.0328. The topological polar surface area (TPSA) is 70.1 Å². The van der Waals surface area contributed by atoms with Crippen LogP contribution in [0.25, 0.3) is 11.3 Å². The van der Waals surface area contributed by atoms with Crippen molar-refractivity contribution in [2.75, 3.05) is 23.8 Å². The van der Waals surface area contributed by atoms with E-state index in [9.17, 15) is 13.2 Å². The first kappa shape index (κ1) is 20.9. The van der Waals surface area contributed by atoms with Gasteiger partial charge in [0.1, 0.15) is 5.82 Å². The van der Waals surface area contributed by atoms with Gasteiger partial charge >= 0.3 is 5.51 Å². The number of anilines is 3. The Morgan fingerprint density at radius 3 is 2.48 bits per heavy atom. The van der Waals surface area contributed by atoms with Crippen molar-refractivity contribution in [1.29, 1.82) is 0 Å². The maximum Gasteiger partial charge on any atom is 0.446 e. The molecule has 0 bridgehead atoms. The lowest BCUT2D eigenvalue weighted by Gasteiger charge is -2.12. The number of rotatable bonds is 8. The Morgan fingerprint density at radius 2 is 1.76 bits per heavy atom. The van der Waals surface area contributed by atoms with Gasteiger partial charge in [-0.1, -0.05) is 36.4 Å². The van der Waals surface area contributed by atoms with Crippen LogP contribution in [0.2, 0.25) is 0 Å². The predicted octanol–water partition coefficient (Wildman–Crippen LogP) is 5.29. The SMILES string of the molecule is OCCCNc1nc(Nc2cccc(SC(F)(F)F)c2)cc(-c2ccccc2)n1. The van der Waals surface area contributed by atoms with Crippen molar-refractivity contribution >= 4 is 29.2 Å². The first-order valence-corrected chi connectivity index (χ1v) is 9.67. The first-order chi connectivity index (χ1) is 13.9. The molecule has 0 saturated carbocycles. The first-order valence-electron chi connectivity index (χ1n) is 8.85. The van der Waals surface area contributed by atoms with Gasteiger partial charge in [-0.05, 0) is 36.4 Å². The minimum absolute atomic E-state index is 0.0418. The zero-order chi connectivity index (χ0) is 20.7. The van der Waals surface area contributed by atoms with Gasteiger partial charge in [0.15, 0.2) is 0 Å². The maximum atomic E-state index is 12.6. The zero-order valence-corrected chi connectivity index (χ0v) is 16.1. The van der Waals surface area contributed by atoms with Crippen molar-refractivity contribution in [2.45, 2.75) is 16.8 Å². The Morgan fingerprint density at radius 1 is 0.966 bits per heavy atom. The molecule has 152 valence electrons. The number of hydrogen-bond donors (Lipinski definition) is 3. The number of nitrogens with one attached hydrogen (secondary N) is 2. The van der Waals surface area contributed by atoms with Gasteiger partial charge in [0.05, 0.1) is 5.69 Å². The van der Waals surface area contributed by atoms with Crippen LogP contribution in [0.3, 0.4) is 0 Å². The standard InChI is InChI=1S/C20H19F3N4OS/c21-20(22,23)29-16-9-4-8-15(12-16)25-18-13-17(14-6-2-1-3-7-14)26-19(27-18)24-10-5-11-28/h1-4,6-9,12-13,28H,5,10-11H2,(H2,24,25,26,27). The summed E-state index contributed by atoms with van der Waals surface area (Å²) < 4.78 is 37.9. The van der Waals surface area contributed by atoms with E-state index < -0.39 is 5.51 Å². The molecule has 9 heteroatoms. The Bertz CT molecular complexity index is 939. The smallest absolute Gasteiger partial charge is 0.396 e. The molecule has 3 aromatic rings. The highest BCUT2D eigenvalue weighted by atomic mass is 32.2. The summed E-state index contributed by atoms with van der Waals surface area (Å²) in [4.78, 5) is 8.96. The van der Waals surface area contributed by atoms with E-state index in [0.29, 0.717) is 36.1 Å². The average molecular weight is 420 g/mol. The molecule has 0 radical (unpaired) electrons. The molecule has 0 saturated heterocycles. The Kier molecular flexibility index (Phi) is 6.95. The second-order valence-corrected chi connectivity index (χ2v) is 7.17. The van der Waals surface area contributed by atoms with Crippen LogP contribution in [0.5, 0.6) is 0 Å². The average Bonchev–Trinajstić information content (AvgIpc) is 2.68. The quantitative estimate of drug-likeness (QED) is 0.340. The molecule has 1 heterocycles. The molecule has 0 unspecified atom stereocenters. The van der Waals surface area contributed by atoms with E-state index in [1.54, 1.807) is 18.2 Å². The Hall–Kier alpha value is -2.78. The van der Waals surface area contributed by atoms with Crippen LogP contribution >= 0.6 is 11.8 Å². The third-order valence-electron chi connectivity index (χ3n) is 3.75. The Labute approximate surface area is 170 Å². The van der Waals surface area contributed by atoms with Gasteiger partial charge in [0.25, 0.3) is 0 Å². The molecule has 0 aliphatic heterocycles. The van der Waals surface area contributed by atoms with Crippen LogP contribution in [-0.4, -0.2) is 33.7 Å². The van der Waals surface area contributed by atoms with E-state index in [1.165, 1.54) is 12.1 Å². The number of aromatic nitrogens is 2. The number of halogens is 3. The van der Waals surface area contributed by atoms with Crippen molar-refractivity contribution in [3.05, 3.63) is 60.7 Å². The molecular weight excluding hydrogens is 401 g/mol. The molecular formula is C20H19F3N4OS. The molecule has 2 aromatic carbocycles. The van der Waals surface area contributed by atoms with Gasteiger partial charge in [-0.25, -0.2) is 4.98 Å². The highest BCUT2D eigenvalue weighted by molar-refractivity contribution is 8.00. The number of nitrogens with zero attached hydrogens (tertiary/aromatic N) is 2. The van der Waals surface area contributed by atoms with Crippen molar-refractivity contribution in [3.8, 4) is 11.3 Å². The summed E-state index contributed by atoms with van der Waals surface area (Å²) in [5, 5.41) is 15.1. The van der Waals surface area contributed by atoms with Gasteiger partial charge in [-0.2, -0.15) is 18.2 Å². The summed E-state index contributed by atoms with van der Waals surface area (Å²) in [7, 11) is 0. The van der Waals surface area contributed by atoms with Gasteiger partial charge in [-0.3, -0.25) is 0 Å². The number of aliphatic hydroxyl groups excluding tert-OH is 1. The molecule has 29 heavy (non-hydrogen) atoms. The molecule has 0 aliphatic carbocycles. The molecule has 0 fully saturated rings. The molecule has 5 nitrogen and oxygen atoms in total. The van der Waals surface area contributed by atoms with Crippen molar-refractivity contribution in [2.24, 2.45) is 0 Å². The number of hydrogen-bond acceptors (Lipinski definition) is 6. The van der Waals surface area contributed by atoms with E-state index >= 15 is 0 Å². The summed E-state index contributed by atoms with van der Waals surface area (Å²) in [6.07, 6.45) is 0.540. The van der Waals surface area contributed by atoms with Crippen LogP contribution in [0.15, 0.2) is 65.6 Å². The highest BCUT2D eigenvalue weighted by Crippen LogP contribution is 2.37. The van der Waals surface area contributed by atoms with Crippen LogP contribution in [-0.2, 0) is 0 Å². The van der Waals surface area contributed by atoms with Crippen molar-refractivity contribution in [1.82, 2.24) is 9.97 Å². The summed E-state index contributed by atoms with van der Waals surface area (Å²) in [6, 6.07) is 17.3. The molecule has 1 aromatic heterocycles. The summed E-state index contributed by atoms with van der Waals surface area (Å²) >= 11 is -0.167. The molecule has 0 atom stereocenters. The molecule has 3 rings (SSSR count). The van der Waals surface area contributed by atoms with Crippen molar-refractivity contribution < 1.29 is 18.3 Å². The lowest BCUT2D eigenvalue weighted by atomic mass is 10.1. The third-order valence-corrected chi connectivity index (χ3v) is 4.47. The molecule has 0 aliphatic rings. The fourth-order valence-corrected chi connectivity index (χ4v) is 3.14. The van der Waals surface area contributed by atoms with Crippen LogP contribution in [0, 0.1) is 0 Å². The molecule has 0 spiro atoms. The van der Waals surface area contributed by atoms with E-state index in [0.717, 1.165) is 5.56 Å². The summed E-state index contributed by atoms with van der Waals surface area (Å²) in [5.41, 5.74) is -2.32. The zero-order valence-electron chi connectivity index (χ0n) is 15.3. The lowest BCUT2D eigenvalue weighted by Crippen LogP contribution is -2.08. The summed E-state index contributed by atoms with van der Waals surface area (Å²) in [6.45, 7) is 0.534. The largest absolute Gasteiger partial charge is 0.446 e. The van der Waals surface area contributed by atoms with Gasteiger partial charge < -0.3 is 15.7 Å². The van der Waals surface area contributed by atoms with Crippen molar-refractivity contribution in [3.63, 3.8) is 0 Å². The van der Waals surface area contributed by atoms with Crippen LogP contribution < -0.4 is 10.6 Å². The highest BCUT2D eigenvalue weighted by Gasteiger charge is 2.29. The second kappa shape index (κ2) is 9.62. The van der Waals surface area contributed by atoms with E-state index in [2.05, 4.69) is 20.6 Å². The number of thioether (sulfide) groups is 1. The van der Waals surface area contributed by atoms with E-state index in [-0.39, 0.29) is 23.3 Å². The van der Waals surface area contributed by atoms with Crippen LogP contribution in [0.1, 0.15) is 6.42 Å². The van der Waals surface area contributed by atoms with Crippen LogP contribution in [0.4, 0.5) is 30.6 Å². The fourth-order valence-electron chi connectivity index (χ4n) is 2.55.